The van der Waals surface area contributed by atoms with Crippen molar-refractivity contribution in [1.82, 2.24) is 9.97 Å². The number of rotatable bonds is 7. The molecule has 0 atom stereocenters. The number of hydrogen-bond acceptors (Lipinski definition) is 6. The van der Waals surface area contributed by atoms with E-state index in [0.717, 1.165) is 43.2 Å². The van der Waals surface area contributed by atoms with Crippen LogP contribution in [0.1, 0.15) is 55.5 Å². The number of para-hydroxylation sites is 1. The molecule has 1 aliphatic heterocycles. The molecule has 4 rings (SSSR count). The number of hydrogen-bond donors (Lipinski definition) is 3. The SMILES string of the molecule is N=Cc1c(NC2CCOCC2)nc(Cc2ccccc2OC2CCCC2)[nH]c1=O. The van der Waals surface area contributed by atoms with Crippen molar-refractivity contribution in [2.45, 2.75) is 57.1 Å². The first kappa shape index (κ1) is 19.6. The summed E-state index contributed by atoms with van der Waals surface area (Å²) in [7, 11) is 0. The molecule has 0 radical (unpaired) electrons. The molecule has 0 unspecified atom stereocenters. The average Bonchev–Trinajstić information content (AvgIpc) is 3.23. The fourth-order valence-electron chi connectivity index (χ4n) is 4.02. The predicted molar refractivity (Wildman–Crippen MR) is 112 cm³/mol. The van der Waals surface area contributed by atoms with Crippen LogP contribution in [0.15, 0.2) is 29.1 Å². The summed E-state index contributed by atoms with van der Waals surface area (Å²) in [5.41, 5.74) is 0.964. The minimum Gasteiger partial charge on any atom is -0.490 e. The molecule has 29 heavy (non-hydrogen) atoms. The Morgan fingerprint density at radius 1 is 1.21 bits per heavy atom. The Kier molecular flexibility index (Phi) is 6.24. The molecule has 0 bridgehead atoms. The summed E-state index contributed by atoms with van der Waals surface area (Å²) in [5, 5.41) is 11.0. The van der Waals surface area contributed by atoms with Crippen LogP contribution in [0.25, 0.3) is 0 Å². The Bertz CT molecular complexity index is 899. The topological polar surface area (TPSA) is 100 Å². The maximum Gasteiger partial charge on any atom is 0.261 e. The normalized spacial score (nSPS) is 17.9. The number of aromatic amines is 1. The molecule has 1 saturated carbocycles. The van der Waals surface area contributed by atoms with Gasteiger partial charge in [-0.2, -0.15) is 0 Å². The van der Waals surface area contributed by atoms with Gasteiger partial charge >= 0.3 is 0 Å². The summed E-state index contributed by atoms with van der Waals surface area (Å²) in [6.07, 6.45) is 8.15. The zero-order valence-corrected chi connectivity index (χ0v) is 16.6. The molecule has 0 spiro atoms. The van der Waals surface area contributed by atoms with E-state index in [4.69, 9.17) is 14.9 Å². The molecule has 1 saturated heterocycles. The number of aromatic nitrogens is 2. The first-order chi connectivity index (χ1) is 14.2. The van der Waals surface area contributed by atoms with E-state index < -0.39 is 0 Å². The number of ether oxygens (including phenoxy) is 2. The molecule has 2 aromatic rings. The second kappa shape index (κ2) is 9.22. The molecule has 2 aliphatic rings. The Morgan fingerprint density at radius 3 is 2.72 bits per heavy atom. The number of H-pyrrole nitrogens is 1. The van der Waals surface area contributed by atoms with Crippen molar-refractivity contribution in [2.75, 3.05) is 18.5 Å². The lowest BCUT2D eigenvalue weighted by atomic mass is 10.1. The van der Waals surface area contributed by atoms with Gasteiger partial charge in [0.05, 0.1) is 11.7 Å². The summed E-state index contributed by atoms with van der Waals surface area (Å²) >= 11 is 0. The van der Waals surface area contributed by atoms with Crippen LogP contribution in [0.5, 0.6) is 5.75 Å². The smallest absolute Gasteiger partial charge is 0.261 e. The van der Waals surface area contributed by atoms with Crippen LogP contribution in [0.3, 0.4) is 0 Å². The molecule has 1 aromatic heterocycles. The molecule has 154 valence electrons. The van der Waals surface area contributed by atoms with Gasteiger partial charge in [-0.25, -0.2) is 4.98 Å². The zero-order valence-electron chi connectivity index (χ0n) is 16.6. The molecule has 1 aromatic carbocycles. The van der Waals surface area contributed by atoms with Gasteiger partial charge < -0.3 is 25.2 Å². The quantitative estimate of drug-likeness (QED) is 0.624. The Hall–Kier alpha value is -2.67. The third-order valence-corrected chi connectivity index (χ3v) is 5.64. The average molecular weight is 396 g/mol. The highest BCUT2D eigenvalue weighted by Gasteiger charge is 2.20. The molecule has 0 amide bonds. The van der Waals surface area contributed by atoms with Gasteiger partial charge in [-0.05, 0) is 44.6 Å². The Balaban J connectivity index is 1.57. The largest absolute Gasteiger partial charge is 0.490 e. The van der Waals surface area contributed by atoms with Crippen LogP contribution < -0.4 is 15.6 Å². The minimum atomic E-state index is -0.297. The first-order valence-electron chi connectivity index (χ1n) is 10.5. The van der Waals surface area contributed by atoms with Gasteiger partial charge in [-0.15, -0.1) is 0 Å². The van der Waals surface area contributed by atoms with Crippen molar-refractivity contribution in [2.24, 2.45) is 0 Å². The molecule has 7 nitrogen and oxygen atoms in total. The van der Waals surface area contributed by atoms with Crippen LogP contribution in [-0.2, 0) is 11.2 Å². The second-order valence-electron chi connectivity index (χ2n) is 7.76. The van der Waals surface area contributed by atoms with Crippen LogP contribution in [0.4, 0.5) is 5.82 Å². The summed E-state index contributed by atoms with van der Waals surface area (Å²) in [4.78, 5) is 20.0. The summed E-state index contributed by atoms with van der Waals surface area (Å²) in [6.45, 7) is 1.39. The van der Waals surface area contributed by atoms with Gasteiger partial charge in [0.2, 0.25) is 0 Å². The lowest BCUT2D eigenvalue weighted by Gasteiger charge is -2.24. The number of anilines is 1. The molecule has 2 fully saturated rings. The van der Waals surface area contributed by atoms with Crippen molar-refractivity contribution in [3.05, 3.63) is 51.6 Å². The maximum absolute atomic E-state index is 12.5. The molecule has 3 N–H and O–H groups in total. The Morgan fingerprint density at radius 2 is 1.97 bits per heavy atom. The summed E-state index contributed by atoms with van der Waals surface area (Å²) in [5.74, 6) is 1.90. The van der Waals surface area contributed by atoms with Crippen LogP contribution >= 0.6 is 0 Å². The molecular formula is C22H28N4O3. The number of benzene rings is 1. The highest BCUT2D eigenvalue weighted by Crippen LogP contribution is 2.27. The van der Waals surface area contributed by atoms with Gasteiger partial charge in [0.1, 0.15) is 17.4 Å². The van der Waals surface area contributed by atoms with E-state index in [2.05, 4.69) is 15.3 Å². The van der Waals surface area contributed by atoms with Crippen LogP contribution in [0, 0.1) is 5.41 Å². The highest BCUT2D eigenvalue weighted by atomic mass is 16.5. The van der Waals surface area contributed by atoms with E-state index in [-0.39, 0.29) is 23.3 Å². The second-order valence-corrected chi connectivity index (χ2v) is 7.76. The van der Waals surface area contributed by atoms with Gasteiger partial charge in [0, 0.05) is 37.5 Å². The van der Waals surface area contributed by atoms with Crippen molar-refractivity contribution >= 4 is 12.0 Å². The van der Waals surface area contributed by atoms with E-state index in [9.17, 15) is 4.79 Å². The predicted octanol–water partition coefficient (Wildman–Crippen LogP) is 3.27. The van der Waals surface area contributed by atoms with Crippen molar-refractivity contribution in [1.29, 1.82) is 5.41 Å². The van der Waals surface area contributed by atoms with Crippen LogP contribution in [0.2, 0.25) is 0 Å². The molecule has 2 heterocycles. The van der Waals surface area contributed by atoms with E-state index in [1.165, 1.54) is 12.8 Å². The van der Waals surface area contributed by atoms with Gasteiger partial charge in [-0.1, -0.05) is 18.2 Å². The lowest BCUT2D eigenvalue weighted by Crippen LogP contribution is -2.30. The number of nitrogens with zero attached hydrogens (tertiary/aromatic N) is 1. The van der Waals surface area contributed by atoms with E-state index in [1.54, 1.807) is 0 Å². The van der Waals surface area contributed by atoms with E-state index in [1.807, 2.05) is 24.3 Å². The monoisotopic (exact) mass is 396 g/mol. The summed E-state index contributed by atoms with van der Waals surface area (Å²) in [6, 6.07) is 8.14. The Labute approximate surface area is 170 Å². The molecule has 1 aliphatic carbocycles. The third kappa shape index (κ3) is 4.85. The van der Waals surface area contributed by atoms with Crippen molar-refractivity contribution in [3.63, 3.8) is 0 Å². The number of nitrogens with one attached hydrogen (secondary N) is 3. The fourth-order valence-corrected chi connectivity index (χ4v) is 4.02. The molecule has 7 heteroatoms. The van der Waals surface area contributed by atoms with Crippen LogP contribution in [-0.4, -0.2) is 41.5 Å². The minimum absolute atomic E-state index is 0.197. The zero-order chi connectivity index (χ0) is 20.1. The van der Waals surface area contributed by atoms with E-state index in [0.29, 0.717) is 31.3 Å². The van der Waals surface area contributed by atoms with Gasteiger partial charge in [-0.3, -0.25) is 4.79 Å². The van der Waals surface area contributed by atoms with E-state index >= 15 is 0 Å². The highest BCUT2D eigenvalue weighted by molar-refractivity contribution is 5.83. The van der Waals surface area contributed by atoms with Gasteiger partial charge in [0.25, 0.3) is 5.56 Å². The van der Waals surface area contributed by atoms with Crippen molar-refractivity contribution < 1.29 is 9.47 Å². The van der Waals surface area contributed by atoms with Crippen molar-refractivity contribution in [3.8, 4) is 5.75 Å². The van der Waals surface area contributed by atoms with Gasteiger partial charge in [0.15, 0.2) is 0 Å². The summed E-state index contributed by atoms with van der Waals surface area (Å²) < 4.78 is 11.6. The maximum atomic E-state index is 12.5. The first-order valence-corrected chi connectivity index (χ1v) is 10.5. The lowest BCUT2D eigenvalue weighted by molar-refractivity contribution is 0.0904. The standard InChI is InChI=1S/C22H28N4O3/c23-14-18-21(24-16-9-11-28-12-10-16)25-20(26-22(18)27)13-15-5-1-4-8-19(15)29-17-6-2-3-7-17/h1,4-5,8,14,16-17,23H,2-3,6-7,9-13H2,(H2,24,25,26,27). The fraction of sp³-hybridized carbons (Fsp3) is 0.500. The molecular weight excluding hydrogens is 368 g/mol. The third-order valence-electron chi connectivity index (χ3n) is 5.64.